The van der Waals surface area contributed by atoms with Crippen molar-refractivity contribution in [2.75, 3.05) is 0 Å². The van der Waals surface area contributed by atoms with Crippen LogP contribution in [0.25, 0.3) is 0 Å². The van der Waals surface area contributed by atoms with Gasteiger partial charge in [-0.25, -0.2) is 8.42 Å². The lowest BCUT2D eigenvalue weighted by molar-refractivity contribution is 0.0950. The van der Waals surface area contributed by atoms with Gasteiger partial charge in [0.1, 0.15) is 0 Å². The van der Waals surface area contributed by atoms with Gasteiger partial charge in [-0.15, -0.1) is 0 Å². The zero-order valence-electron chi connectivity index (χ0n) is 14.2. The van der Waals surface area contributed by atoms with E-state index in [1.54, 1.807) is 36.7 Å². The molecule has 1 amide bonds. The molecule has 0 saturated heterocycles. The smallest absolute Gasteiger partial charge is 0.253 e. The number of amides is 1. The van der Waals surface area contributed by atoms with Gasteiger partial charge in [-0.2, -0.15) is 0 Å². The van der Waals surface area contributed by atoms with Crippen LogP contribution < -0.4 is 5.32 Å². The van der Waals surface area contributed by atoms with E-state index in [9.17, 15) is 13.2 Å². The van der Waals surface area contributed by atoms with Crippen LogP contribution in [-0.2, 0) is 22.3 Å². The lowest BCUT2D eigenvalue weighted by Gasteiger charge is -2.06. The highest BCUT2D eigenvalue weighted by atomic mass is 32.2. The standard InChI is InChI=1S/C18H18N4O3S/c1-14-9-20-17(10-19-14)11-21-18(23)16-7-8-22(12-16)26(24,25)13-15-5-3-2-4-6-15/h2-10,12H,11,13H2,1H3,(H,21,23). The molecule has 0 atom stereocenters. The van der Waals surface area contributed by atoms with Crippen molar-refractivity contribution < 1.29 is 13.2 Å². The summed E-state index contributed by atoms with van der Waals surface area (Å²) in [5, 5.41) is 2.70. The number of hydrogen-bond donors (Lipinski definition) is 1. The Hall–Kier alpha value is -3.00. The summed E-state index contributed by atoms with van der Waals surface area (Å²) in [6.45, 7) is 2.04. The summed E-state index contributed by atoms with van der Waals surface area (Å²) in [5.74, 6) is -0.510. The van der Waals surface area contributed by atoms with Gasteiger partial charge >= 0.3 is 0 Å². The molecular formula is C18H18N4O3S. The zero-order valence-corrected chi connectivity index (χ0v) is 15.0. The first kappa shape index (κ1) is 17.8. The Morgan fingerprint density at radius 2 is 1.88 bits per heavy atom. The number of nitrogens with one attached hydrogen (secondary N) is 1. The van der Waals surface area contributed by atoms with Crippen molar-refractivity contribution >= 4 is 15.9 Å². The van der Waals surface area contributed by atoms with Crippen molar-refractivity contribution in [3.63, 3.8) is 0 Å². The van der Waals surface area contributed by atoms with Crippen LogP contribution >= 0.6 is 0 Å². The lowest BCUT2D eigenvalue weighted by Crippen LogP contribution is -2.23. The molecule has 26 heavy (non-hydrogen) atoms. The summed E-state index contributed by atoms with van der Waals surface area (Å²) in [6.07, 6.45) is 5.90. The number of carbonyl (C=O) groups excluding carboxylic acids is 1. The molecule has 1 N–H and O–H groups in total. The average Bonchev–Trinajstić information content (AvgIpc) is 3.13. The number of aromatic nitrogens is 3. The molecule has 0 aliphatic carbocycles. The van der Waals surface area contributed by atoms with E-state index in [1.165, 1.54) is 18.5 Å². The monoisotopic (exact) mass is 370 g/mol. The Balaban J connectivity index is 1.66. The Kier molecular flexibility index (Phi) is 5.13. The average molecular weight is 370 g/mol. The predicted octanol–water partition coefficient (Wildman–Crippen LogP) is 1.89. The van der Waals surface area contributed by atoms with Gasteiger partial charge in [0, 0.05) is 18.6 Å². The van der Waals surface area contributed by atoms with Crippen LogP contribution in [0.5, 0.6) is 0 Å². The van der Waals surface area contributed by atoms with Crippen molar-refractivity contribution in [2.24, 2.45) is 0 Å². The minimum Gasteiger partial charge on any atom is -0.346 e. The van der Waals surface area contributed by atoms with E-state index in [0.717, 1.165) is 9.67 Å². The number of hydrogen-bond acceptors (Lipinski definition) is 5. The molecule has 0 radical (unpaired) electrons. The topological polar surface area (TPSA) is 94.0 Å². The Morgan fingerprint density at radius 3 is 2.58 bits per heavy atom. The Bertz CT molecular complexity index is 996. The van der Waals surface area contributed by atoms with E-state index in [4.69, 9.17) is 0 Å². The number of carbonyl (C=O) groups is 1. The first-order chi connectivity index (χ1) is 12.4. The van der Waals surface area contributed by atoms with Gasteiger partial charge in [0.05, 0.1) is 35.4 Å². The molecule has 0 bridgehead atoms. The third kappa shape index (κ3) is 4.34. The lowest BCUT2D eigenvalue weighted by atomic mass is 10.2. The molecule has 0 aliphatic rings. The van der Waals surface area contributed by atoms with Crippen LogP contribution in [0.15, 0.2) is 61.2 Å². The van der Waals surface area contributed by atoms with E-state index in [1.807, 2.05) is 13.0 Å². The van der Waals surface area contributed by atoms with E-state index < -0.39 is 10.0 Å². The van der Waals surface area contributed by atoms with Gasteiger partial charge < -0.3 is 5.32 Å². The number of benzene rings is 1. The van der Waals surface area contributed by atoms with E-state index in [2.05, 4.69) is 15.3 Å². The second-order valence-electron chi connectivity index (χ2n) is 5.80. The van der Waals surface area contributed by atoms with E-state index in [0.29, 0.717) is 11.3 Å². The van der Waals surface area contributed by atoms with Crippen LogP contribution in [0.1, 0.15) is 27.3 Å². The van der Waals surface area contributed by atoms with Gasteiger partial charge in [-0.3, -0.25) is 18.7 Å². The fourth-order valence-electron chi connectivity index (χ4n) is 2.33. The maximum atomic E-state index is 12.5. The number of rotatable bonds is 6. The van der Waals surface area contributed by atoms with Crippen molar-refractivity contribution in [3.05, 3.63) is 83.7 Å². The molecule has 134 valence electrons. The van der Waals surface area contributed by atoms with Crippen molar-refractivity contribution in [1.82, 2.24) is 19.3 Å². The fraction of sp³-hybridized carbons (Fsp3) is 0.167. The molecule has 0 aliphatic heterocycles. The number of nitrogens with zero attached hydrogens (tertiary/aromatic N) is 3. The van der Waals surface area contributed by atoms with Gasteiger partial charge in [-0.1, -0.05) is 30.3 Å². The molecule has 1 aromatic carbocycles. The zero-order chi connectivity index (χ0) is 18.6. The number of aryl methyl sites for hydroxylation is 1. The third-order valence-electron chi connectivity index (χ3n) is 3.71. The normalized spacial score (nSPS) is 11.3. The summed E-state index contributed by atoms with van der Waals surface area (Å²) in [7, 11) is -3.58. The summed E-state index contributed by atoms with van der Waals surface area (Å²) < 4.78 is 26.0. The molecular weight excluding hydrogens is 352 g/mol. The molecule has 2 aromatic heterocycles. The van der Waals surface area contributed by atoms with Gasteiger partial charge in [0.25, 0.3) is 5.91 Å². The maximum absolute atomic E-state index is 12.5. The molecule has 7 nitrogen and oxygen atoms in total. The van der Waals surface area contributed by atoms with Crippen molar-refractivity contribution in [1.29, 1.82) is 0 Å². The highest BCUT2D eigenvalue weighted by Crippen LogP contribution is 2.11. The first-order valence-corrected chi connectivity index (χ1v) is 9.56. The highest BCUT2D eigenvalue weighted by molar-refractivity contribution is 7.89. The first-order valence-electron chi connectivity index (χ1n) is 7.95. The molecule has 8 heteroatoms. The van der Waals surface area contributed by atoms with E-state index >= 15 is 0 Å². The second-order valence-corrected chi connectivity index (χ2v) is 7.68. The van der Waals surface area contributed by atoms with Crippen LogP contribution in [0, 0.1) is 6.92 Å². The SMILES string of the molecule is Cc1cnc(CNC(=O)c2ccn(S(=O)(=O)Cc3ccccc3)c2)cn1. The molecule has 2 heterocycles. The summed E-state index contributed by atoms with van der Waals surface area (Å²) in [6, 6.07) is 10.4. The minimum absolute atomic E-state index is 0.136. The van der Waals surface area contributed by atoms with E-state index in [-0.39, 0.29) is 23.8 Å². The Labute approximate surface area is 151 Å². The molecule has 0 fully saturated rings. The largest absolute Gasteiger partial charge is 0.346 e. The second kappa shape index (κ2) is 7.49. The quantitative estimate of drug-likeness (QED) is 0.715. The van der Waals surface area contributed by atoms with Crippen LogP contribution in [-0.4, -0.2) is 28.3 Å². The highest BCUT2D eigenvalue weighted by Gasteiger charge is 2.16. The van der Waals surface area contributed by atoms with Gasteiger partial charge in [-0.05, 0) is 18.6 Å². The van der Waals surface area contributed by atoms with Crippen LogP contribution in [0.4, 0.5) is 0 Å². The summed E-state index contributed by atoms with van der Waals surface area (Å²) in [4.78, 5) is 20.5. The summed E-state index contributed by atoms with van der Waals surface area (Å²) in [5.41, 5.74) is 2.37. The van der Waals surface area contributed by atoms with Crippen LogP contribution in [0.3, 0.4) is 0 Å². The van der Waals surface area contributed by atoms with Crippen molar-refractivity contribution in [2.45, 2.75) is 19.2 Å². The fourth-order valence-corrected chi connectivity index (χ4v) is 3.61. The molecule has 3 rings (SSSR count). The molecule has 0 spiro atoms. The molecule has 3 aromatic rings. The Morgan fingerprint density at radius 1 is 1.12 bits per heavy atom. The van der Waals surface area contributed by atoms with Crippen LogP contribution in [0.2, 0.25) is 0 Å². The maximum Gasteiger partial charge on any atom is 0.253 e. The molecule has 0 saturated carbocycles. The molecule has 0 unspecified atom stereocenters. The minimum atomic E-state index is -3.58. The third-order valence-corrected chi connectivity index (χ3v) is 5.27. The van der Waals surface area contributed by atoms with Crippen molar-refractivity contribution in [3.8, 4) is 0 Å². The predicted molar refractivity (Wildman–Crippen MR) is 96.8 cm³/mol. The van der Waals surface area contributed by atoms with Gasteiger partial charge in [0.15, 0.2) is 0 Å². The summed E-state index contributed by atoms with van der Waals surface area (Å²) >= 11 is 0. The van der Waals surface area contributed by atoms with Gasteiger partial charge in [0.2, 0.25) is 10.0 Å².